The van der Waals surface area contributed by atoms with Gasteiger partial charge in [0, 0.05) is 6.66 Å². The third-order valence-corrected chi connectivity index (χ3v) is 1.73. The fraction of sp³-hybridized carbons (Fsp3) is 1.00. The van der Waals surface area contributed by atoms with E-state index in [1.165, 1.54) is 0 Å². The first-order valence-electron chi connectivity index (χ1n) is 3.43. The van der Waals surface area contributed by atoms with Gasteiger partial charge in [0.1, 0.15) is 13.2 Å². The first-order chi connectivity index (χ1) is 4.71. The minimum Gasteiger partial charge on any atom is -1.00 e. The van der Waals surface area contributed by atoms with E-state index < -0.39 is 7.68 Å². The third kappa shape index (κ3) is 13.4. The molecule has 0 rings (SSSR count). The van der Waals surface area contributed by atoms with E-state index in [0.29, 0.717) is 11.0 Å². The van der Waals surface area contributed by atoms with Crippen LogP contribution in [0.1, 0.15) is 0 Å². The van der Waals surface area contributed by atoms with Crippen LogP contribution in [0.25, 0.3) is 0 Å². The summed E-state index contributed by atoms with van der Waals surface area (Å²) in [6, 6.07) is 0. The smallest absolute Gasteiger partial charge is 0.364 e. The van der Waals surface area contributed by atoms with E-state index in [4.69, 9.17) is 0 Å². The molecule has 0 aliphatic carbocycles. The Morgan fingerprint density at radius 3 is 2.08 bits per heavy atom. The van der Waals surface area contributed by atoms with Crippen molar-refractivity contribution in [3.8, 4) is 0 Å². The van der Waals surface area contributed by atoms with Crippen molar-refractivity contribution in [2.75, 3.05) is 41.0 Å². The molecule has 0 saturated heterocycles. The molecule has 0 saturated carbocycles. The van der Waals surface area contributed by atoms with Crippen molar-refractivity contribution in [3.05, 3.63) is 0 Å². The van der Waals surface area contributed by atoms with Gasteiger partial charge in [0.2, 0.25) is 0 Å². The summed E-state index contributed by atoms with van der Waals surface area (Å²) in [4.78, 5) is 0. The van der Waals surface area contributed by atoms with Gasteiger partial charge in [0.05, 0.1) is 21.1 Å². The lowest BCUT2D eigenvalue weighted by molar-refractivity contribution is -0.870. The summed E-state index contributed by atoms with van der Waals surface area (Å²) in [5, 5.41) is 0. The minimum atomic E-state index is -3.76. The van der Waals surface area contributed by atoms with Crippen LogP contribution in [0.5, 0.6) is 0 Å². The fourth-order valence-corrected chi connectivity index (χ4v) is 0.886. The van der Waals surface area contributed by atoms with Crippen molar-refractivity contribution < 1.29 is 41.7 Å². The first-order valence-corrected chi connectivity index (χ1v) is 5.39. The number of likely N-dealkylation sites (N-methyl/N-ethyl adjacent to an activating group) is 1. The van der Waals surface area contributed by atoms with Crippen molar-refractivity contribution in [2.45, 2.75) is 0 Å². The van der Waals surface area contributed by atoms with Gasteiger partial charge in [-0.05, 0) is 0 Å². The van der Waals surface area contributed by atoms with Gasteiger partial charge in [0.15, 0.2) is 0 Å². The SMILES string of the molecule is C[N+](C)(C)CCOP(C)(=O)F.[I-]. The van der Waals surface area contributed by atoms with Crippen LogP contribution in [-0.2, 0) is 9.09 Å². The third-order valence-electron chi connectivity index (χ3n) is 1.08. The highest BCUT2D eigenvalue weighted by Gasteiger charge is 2.15. The maximum Gasteiger partial charge on any atom is 0.364 e. The van der Waals surface area contributed by atoms with Crippen molar-refractivity contribution in [1.29, 1.82) is 0 Å². The van der Waals surface area contributed by atoms with E-state index in [9.17, 15) is 8.76 Å². The zero-order valence-corrected chi connectivity index (χ0v) is 10.9. The molecular weight excluding hydrogens is 295 g/mol. The highest BCUT2D eigenvalue weighted by molar-refractivity contribution is 7.52. The highest BCUT2D eigenvalue weighted by atomic mass is 127. The zero-order chi connectivity index (χ0) is 9.12. The average molecular weight is 311 g/mol. The lowest BCUT2D eigenvalue weighted by Crippen LogP contribution is -3.00. The van der Waals surface area contributed by atoms with Gasteiger partial charge in [-0.15, -0.1) is 0 Å². The Kier molecular flexibility index (Phi) is 7.03. The second kappa shape index (κ2) is 5.52. The molecule has 0 radical (unpaired) electrons. The Hall–Kier alpha value is 0.810. The van der Waals surface area contributed by atoms with Gasteiger partial charge in [-0.2, -0.15) is 4.20 Å². The summed E-state index contributed by atoms with van der Waals surface area (Å²) in [5.41, 5.74) is 0. The van der Waals surface area contributed by atoms with Gasteiger partial charge >= 0.3 is 7.68 Å². The van der Waals surface area contributed by atoms with Gasteiger partial charge in [-0.1, -0.05) is 0 Å². The predicted octanol–water partition coefficient (Wildman–Crippen LogP) is -1.49. The monoisotopic (exact) mass is 311 g/mol. The van der Waals surface area contributed by atoms with Crippen molar-refractivity contribution in [3.63, 3.8) is 0 Å². The van der Waals surface area contributed by atoms with E-state index in [1.807, 2.05) is 21.1 Å². The summed E-state index contributed by atoms with van der Waals surface area (Å²) in [6.07, 6.45) is 0. The molecule has 0 aromatic carbocycles. The molecular formula is C6H16FINO2P. The Morgan fingerprint density at radius 2 is 1.83 bits per heavy atom. The Balaban J connectivity index is 0. The van der Waals surface area contributed by atoms with E-state index in [0.717, 1.165) is 6.66 Å². The molecule has 0 spiro atoms. The summed E-state index contributed by atoms with van der Waals surface area (Å²) in [5.74, 6) is 0. The molecule has 76 valence electrons. The second-order valence-electron chi connectivity index (χ2n) is 3.59. The van der Waals surface area contributed by atoms with Crippen LogP contribution >= 0.6 is 7.68 Å². The number of halogens is 2. The molecule has 1 atom stereocenters. The number of hydrogen-bond acceptors (Lipinski definition) is 2. The number of hydrogen-bond donors (Lipinski definition) is 0. The van der Waals surface area contributed by atoms with Crippen LogP contribution in [-0.4, -0.2) is 45.4 Å². The van der Waals surface area contributed by atoms with Crippen molar-refractivity contribution >= 4 is 7.68 Å². The average Bonchev–Trinajstić information content (AvgIpc) is 1.55. The van der Waals surface area contributed by atoms with Crippen LogP contribution in [0.2, 0.25) is 0 Å². The molecule has 0 aliphatic rings. The Labute approximate surface area is 90.5 Å². The quantitative estimate of drug-likeness (QED) is 0.359. The summed E-state index contributed by atoms with van der Waals surface area (Å²) in [7, 11) is 2.12. The topological polar surface area (TPSA) is 26.3 Å². The van der Waals surface area contributed by atoms with Gasteiger partial charge < -0.3 is 28.5 Å². The van der Waals surface area contributed by atoms with Gasteiger partial charge in [0.25, 0.3) is 0 Å². The first kappa shape index (κ1) is 15.3. The molecule has 0 amide bonds. The largest absolute Gasteiger partial charge is 1.00 e. The maximum atomic E-state index is 12.3. The number of nitrogens with zero attached hydrogens (tertiary/aromatic N) is 1. The molecule has 0 N–H and O–H groups in total. The minimum absolute atomic E-state index is 0. The lowest BCUT2D eigenvalue weighted by Gasteiger charge is -2.23. The Bertz CT molecular complexity index is 165. The van der Waals surface area contributed by atoms with E-state index >= 15 is 0 Å². The van der Waals surface area contributed by atoms with Gasteiger partial charge in [-0.3, -0.25) is 9.09 Å². The van der Waals surface area contributed by atoms with Crippen LogP contribution in [0.15, 0.2) is 0 Å². The fourth-order valence-electron chi connectivity index (χ4n) is 0.478. The summed E-state index contributed by atoms with van der Waals surface area (Å²) in [6.45, 7) is 1.83. The zero-order valence-electron chi connectivity index (χ0n) is 7.88. The molecule has 0 aromatic rings. The molecule has 0 aromatic heterocycles. The molecule has 0 fully saturated rings. The van der Waals surface area contributed by atoms with Gasteiger partial charge in [-0.25, -0.2) is 0 Å². The summed E-state index contributed by atoms with van der Waals surface area (Å²) < 4.78 is 27.9. The molecule has 1 unspecified atom stereocenters. The molecule has 0 bridgehead atoms. The van der Waals surface area contributed by atoms with Crippen LogP contribution < -0.4 is 24.0 Å². The van der Waals surface area contributed by atoms with Crippen molar-refractivity contribution in [1.82, 2.24) is 0 Å². The molecule has 12 heavy (non-hydrogen) atoms. The molecule has 0 heterocycles. The molecule has 6 heteroatoms. The highest BCUT2D eigenvalue weighted by Crippen LogP contribution is 2.43. The van der Waals surface area contributed by atoms with Crippen LogP contribution in [0.3, 0.4) is 0 Å². The van der Waals surface area contributed by atoms with E-state index in [-0.39, 0.29) is 30.6 Å². The van der Waals surface area contributed by atoms with Crippen molar-refractivity contribution in [2.24, 2.45) is 0 Å². The van der Waals surface area contributed by atoms with E-state index in [1.54, 1.807) is 0 Å². The maximum absolute atomic E-state index is 12.3. The molecule has 3 nitrogen and oxygen atoms in total. The Morgan fingerprint density at radius 1 is 1.42 bits per heavy atom. The lowest BCUT2D eigenvalue weighted by atomic mass is 10.5. The molecule has 0 aliphatic heterocycles. The van der Waals surface area contributed by atoms with E-state index in [2.05, 4.69) is 4.52 Å². The van der Waals surface area contributed by atoms with Crippen LogP contribution in [0.4, 0.5) is 4.20 Å². The number of quaternary nitrogens is 1. The summed E-state index contributed by atoms with van der Waals surface area (Å²) >= 11 is 0. The second-order valence-corrected chi connectivity index (χ2v) is 5.35. The standard InChI is InChI=1S/C6H16FNO2P.HI/c1-8(2,3)5-6-10-11(4,7)9;/h5-6H2,1-4H3;1H/q+1;/p-1. The van der Waals surface area contributed by atoms with Crippen LogP contribution in [0, 0.1) is 0 Å². The predicted molar refractivity (Wildman–Crippen MR) is 43.5 cm³/mol. The number of rotatable bonds is 4. The normalized spacial score (nSPS) is 16.4.